The summed E-state index contributed by atoms with van der Waals surface area (Å²) in [5, 5.41) is 13.7. The number of urea groups is 1. The van der Waals surface area contributed by atoms with Gasteiger partial charge in [0.1, 0.15) is 18.1 Å². The van der Waals surface area contributed by atoms with Gasteiger partial charge in [0, 0.05) is 6.07 Å². The number of nitrogens with one attached hydrogen (secondary N) is 1. The number of ether oxygens (including phenoxy) is 2. The zero-order valence-corrected chi connectivity index (χ0v) is 16.3. The molecule has 1 aromatic carbocycles. The summed E-state index contributed by atoms with van der Waals surface area (Å²) in [5.41, 5.74) is -0.0521. The second-order valence-corrected chi connectivity index (χ2v) is 6.22. The molecule has 0 unspecified atom stereocenters. The largest absolute Gasteiger partial charge is 0.483 e. The lowest BCUT2D eigenvalue weighted by Gasteiger charge is -2.09. The van der Waals surface area contributed by atoms with Crippen LogP contribution in [0.3, 0.4) is 0 Å². The third-order valence-corrected chi connectivity index (χ3v) is 4.17. The van der Waals surface area contributed by atoms with E-state index >= 15 is 0 Å². The molecule has 1 N–H and O–H groups in total. The molecular formula is C20H17N3O8. The maximum Gasteiger partial charge on any atom is 0.373 e. The summed E-state index contributed by atoms with van der Waals surface area (Å²) in [6.07, 6.45) is 2.76. The molecule has 160 valence electrons. The van der Waals surface area contributed by atoms with E-state index in [1.807, 2.05) is 0 Å². The van der Waals surface area contributed by atoms with Crippen molar-refractivity contribution in [3.8, 4) is 5.75 Å². The van der Waals surface area contributed by atoms with E-state index in [0.29, 0.717) is 5.56 Å². The molecule has 1 fully saturated rings. The smallest absolute Gasteiger partial charge is 0.373 e. The number of methoxy groups -OCH3 is 1. The molecule has 3 rings (SSSR count). The molecule has 1 aliphatic rings. The minimum Gasteiger partial charge on any atom is -0.483 e. The van der Waals surface area contributed by atoms with Crippen molar-refractivity contribution in [2.24, 2.45) is 0 Å². The van der Waals surface area contributed by atoms with Crippen molar-refractivity contribution >= 4 is 29.7 Å². The van der Waals surface area contributed by atoms with Crippen LogP contribution in [0, 0.1) is 10.1 Å². The van der Waals surface area contributed by atoms with Gasteiger partial charge in [-0.15, -0.1) is 0 Å². The van der Waals surface area contributed by atoms with Crippen molar-refractivity contribution in [1.82, 2.24) is 10.2 Å². The topological polar surface area (TPSA) is 141 Å². The van der Waals surface area contributed by atoms with Gasteiger partial charge in [-0.25, -0.2) is 9.59 Å². The van der Waals surface area contributed by atoms with Crippen LogP contribution in [0.1, 0.15) is 21.9 Å². The van der Waals surface area contributed by atoms with Crippen LogP contribution < -0.4 is 10.1 Å². The van der Waals surface area contributed by atoms with Gasteiger partial charge in [0.2, 0.25) is 5.76 Å². The molecule has 0 bridgehead atoms. The van der Waals surface area contributed by atoms with Crippen LogP contribution in [0.15, 0.2) is 53.1 Å². The van der Waals surface area contributed by atoms with Crippen molar-refractivity contribution in [2.75, 3.05) is 13.7 Å². The summed E-state index contributed by atoms with van der Waals surface area (Å²) >= 11 is 0. The number of imide groups is 1. The molecular weight excluding hydrogens is 410 g/mol. The predicted molar refractivity (Wildman–Crippen MR) is 106 cm³/mol. The third kappa shape index (κ3) is 4.61. The summed E-state index contributed by atoms with van der Waals surface area (Å²) in [6, 6.07) is 6.24. The van der Waals surface area contributed by atoms with Crippen molar-refractivity contribution in [3.05, 3.63) is 75.9 Å². The van der Waals surface area contributed by atoms with Crippen molar-refractivity contribution in [3.63, 3.8) is 0 Å². The number of nitro benzene ring substituents is 1. The number of carbonyl (C=O) groups is 3. The number of amides is 3. The van der Waals surface area contributed by atoms with E-state index in [9.17, 15) is 24.5 Å². The van der Waals surface area contributed by atoms with Crippen molar-refractivity contribution < 1.29 is 33.2 Å². The summed E-state index contributed by atoms with van der Waals surface area (Å²) in [6.45, 7) is 3.36. The Kier molecular flexibility index (Phi) is 6.15. The van der Waals surface area contributed by atoms with E-state index in [4.69, 9.17) is 9.15 Å². The Morgan fingerprint density at radius 2 is 2.10 bits per heavy atom. The van der Waals surface area contributed by atoms with E-state index < -0.39 is 22.8 Å². The lowest BCUT2D eigenvalue weighted by atomic mass is 10.1. The Bertz CT molecular complexity index is 1100. The number of rotatable bonds is 8. The monoisotopic (exact) mass is 427 g/mol. The number of hydrogen-bond acceptors (Lipinski definition) is 8. The number of benzene rings is 1. The lowest BCUT2D eigenvalue weighted by Crippen LogP contribution is -2.30. The zero-order chi connectivity index (χ0) is 22.5. The summed E-state index contributed by atoms with van der Waals surface area (Å²) in [7, 11) is 1.20. The SMILES string of the molecule is C=CCOc1ccc(C=C2NC(=O)N(Cc3ccc(C(=O)OC)o3)C2=O)cc1[N+](=O)[O-]. The molecule has 0 aliphatic carbocycles. The standard InChI is InChI=1S/C20H17N3O8/c1-3-8-30-16-6-4-12(10-15(16)23(27)28)9-14-18(24)22(20(26)21-14)11-13-5-7-17(31-13)19(25)29-2/h3-7,9-10H,1,8,11H2,2H3,(H,21,26). The Hall–Kier alpha value is -4.41. The fourth-order valence-corrected chi connectivity index (χ4v) is 2.75. The maximum atomic E-state index is 12.6. The highest BCUT2D eigenvalue weighted by Gasteiger charge is 2.34. The first kappa shape index (κ1) is 21.3. The quantitative estimate of drug-likeness (QED) is 0.169. The molecule has 0 radical (unpaired) electrons. The Balaban J connectivity index is 1.80. The average molecular weight is 427 g/mol. The first-order valence-electron chi connectivity index (χ1n) is 8.87. The van der Waals surface area contributed by atoms with Crippen LogP contribution in [0.4, 0.5) is 10.5 Å². The molecule has 1 aromatic heterocycles. The molecule has 1 aliphatic heterocycles. The van der Waals surface area contributed by atoms with Gasteiger partial charge in [-0.2, -0.15) is 0 Å². The second kappa shape index (κ2) is 8.95. The number of nitrogens with zero attached hydrogens (tertiary/aromatic N) is 2. The molecule has 0 spiro atoms. The summed E-state index contributed by atoms with van der Waals surface area (Å²) < 4.78 is 15.1. The third-order valence-electron chi connectivity index (χ3n) is 4.17. The van der Waals surface area contributed by atoms with Crippen molar-refractivity contribution in [1.29, 1.82) is 0 Å². The van der Waals surface area contributed by atoms with Crippen molar-refractivity contribution in [2.45, 2.75) is 6.54 Å². The Labute approximate surface area is 175 Å². The molecule has 0 saturated carbocycles. The Morgan fingerprint density at radius 1 is 1.32 bits per heavy atom. The van der Waals surface area contributed by atoms with Crippen LogP contribution in [-0.4, -0.2) is 41.4 Å². The van der Waals surface area contributed by atoms with Crippen LogP contribution in [-0.2, 0) is 16.1 Å². The first-order chi connectivity index (χ1) is 14.8. The number of nitro groups is 1. The fraction of sp³-hybridized carbons (Fsp3) is 0.150. The minimum atomic E-state index is -0.701. The molecule has 2 aromatic rings. The highest BCUT2D eigenvalue weighted by atomic mass is 16.6. The van der Waals surface area contributed by atoms with Gasteiger partial charge in [-0.3, -0.25) is 19.8 Å². The van der Waals surface area contributed by atoms with Gasteiger partial charge in [0.25, 0.3) is 5.91 Å². The van der Waals surface area contributed by atoms with Gasteiger partial charge < -0.3 is 19.2 Å². The highest BCUT2D eigenvalue weighted by molar-refractivity contribution is 6.13. The van der Waals surface area contributed by atoms with Gasteiger partial charge in [0.15, 0.2) is 5.75 Å². The average Bonchev–Trinajstić information content (AvgIpc) is 3.32. The minimum absolute atomic E-state index is 0.0506. The maximum absolute atomic E-state index is 12.6. The van der Waals surface area contributed by atoms with Crippen LogP contribution in [0.5, 0.6) is 5.75 Å². The number of esters is 1. The van der Waals surface area contributed by atoms with Gasteiger partial charge >= 0.3 is 17.7 Å². The van der Waals surface area contributed by atoms with Crippen LogP contribution in [0.25, 0.3) is 6.08 Å². The van der Waals surface area contributed by atoms with Crippen LogP contribution >= 0.6 is 0 Å². The van der Waals surface area contributed by atoms with Gasteiger partial charge in [-0.05, 0) is 29.8 Å². The van der Waals surface area contributed by atoms with Gasteiger partial charge in [-0.1, -0.05) is 18.7 Å². The molecule has 1 saturated heterocycles. The van der Waals surface area contributed by atoms with Gasteiger partial charge in [0.05, 0.1) is 18.6 Å². The number of hydrogen-bond donors (Lipinski definition) is 1. The second-order valence-electron chi connectivity index (χ2n) is 6.22. The normalized spacial score (nSPS) is 14.5. The Morgan fingerprint density at radius 3 is 2.77 bits per heavy atom. The highest BCUT2D eigenvalue weighted by Crippen LogP contribution is 2.29. The lowest BCUT2D eigenvalue weighted by molar-refractivity contribution is -0.385. The predicted octanol–water partition coefficient (Wildman–Crippen LogP) is 2.63. The fourth-order valence-electron chi connectivity index (χ4n) is 2.75. The molecule has 31 heavy (non-hydrogen) atoms. The summed E-state index contributed by atoms with van der Waals surface area (Å²) in [5.74, 6) is -1.16. The van der Waals surface area contributed by atoms with Crippen LogP contribution in [0.2, 0.25) is 0 Å². The van der Waals surface area contributed by atoms with E-state index in [0.717, 1.165) is 4.90 Å². The van der Waals surface area contributed by atoms with E-state index in [1.54, 1.807) is 0 Å². The first-order valence-corrected chi connectivity index (χ1v) is 8.87. The van der Waals surface area contributed by atoms with E-state index in [-0.39, 0.29) is 41.8 Å². The number of carbonyl (C=O) groups excluding carboxylic acids is 3. The zero-order valence-electron chi connectivity index (χ0n) is 16.3. The molecule has 0 atom stereocenters. The molecule has 2 heterocycles. The molecule has 3 amide bonds. The molecule has 11 nitrogen and oxygen atoms in total. The summed E-state index contributed by atoms with van der Waals surface area (Å²) in [4.78, 5) is 47.9. The number of furan rings is 1. The molecule has 11 heteroatoms. The van der Waals surface area contributed by atoms with E-state index in [1.165, 1.54) is 49.6 Å². The van der Waals surface area contributed by atoms with E-state index in [2.05, 4.69) is 16.6 Å².